The Hall–Kier alpha value is -3.15. The molecule has 0 bridgehead atoms. The van der Waals surface area contributed by atoms with Crippen LogP contribution in [0.2, 0.25) is 0 Å². The van der Waals surface area contributed by atoms with Gasteiger partial charge in [-0.15, -0.1) is 0 Å². The van der Waals surface area contributed by atoms with Crippen LogP contribution in [0.4, 0.5) is 4.39 Å². The van der Waals surface area contributed by atoms with Crippen molar-refractivity contribution >= 4 is 5.91 Å². The van der Waals surface area contributed by atoms with Crippen molar-refractivity contribution in [2.45, 2.75) is 19.4 Å². The first kappa shape index (κ1) is 17.0. The molecule has 6 heteroatoms. The molecular weight excluding hydrogens is 359 g/mol. The van der Waals surface area contributed by atoms with Crippen molar-refractivity contribution in [1.29, 1.82) is 0 Å². The highest BCUT2D eigenvalue weighted by atomic mass is 19.1. The lowest BCUT2D eigenvalue weighted by molar-refractivity contribution is -0.137. The van der Waals surface area contributed by atoms with E-state index in [9.17, 15) is 9.18 Å². The lowest BCUT2D eigenvalue weighted by Gasteiger charge is -2.32. The largest absolute Gasteiger partial charge is 0.492 e. The highest BCUT2D eigenvalue weighted by Crippen LogP contribution is 2.33. The number of ether oxygens (including phenoxy) is 1. The van der Waals surface area contributed by atoms with Crippen LogP contribution >= 0.6 is 0 Å². The maximum absolute atomic E-state index is 14.2. The molecule has 0 aliphatic carbocycles. The summed E-state index contributed by atoms with van der Waals surface area (Å²) in [5.74, 6) is 1.08. The molecule has 1 atom stereocenters. The van der Waals surface area contributed by atoms with Crippen molar-refractivity contribution < 1.29 is 18.4 Å². The van der Waals surface area contributed by atoms with Crippen LogP contribution in [-0.2, 0) is 24.2 Å². The third-order valence-electron chi connectivity index (χ3n) is 5.50. The van der Waals surface area contributed by atoms with Gasteiger partial charge in [0.15, 0.2) is 0 Å². The SMILES string of the molecule is O=C(C1COc2ccccc2C1)N1CCc2onc(-c3ccccc3F)c2C1. The van der Waals surface area contributed by atoms with Crippen LogP contribution in [0, 0.1) is 11.7 Å². The Morgan fingerprint density at radius 2 is 1.96 bits per heavy atom. The summed E-state index contributed by atoms with van der Waals surface area (Å²) < 4.78 is 25.5. The molecule has 1 unspecified atom stereocenters. The number of benzene rings is 2. The second kappa shape index (κ2) is 6.78. The molecule has 0 saturated carbocycles. The number of aromatic nitrogens is 1. The van der Waals surface area contributed by atoms with E-state index in [0.717, 1.165) is 22.6 Å². The van der Waals surface area contributed by atoms with Crippen molar-refractivity contribution in [3.05, 3.63) is 71.2 Å². The fraction of sp³-hybridized carbons (Fsp3) is 0.273. The van der Waals surface area contributed by atoms with Gasteiger partial charge in [0.1, 0.15) is 29.6 Å². The first-order valence-corrected chi connectivity index (χ1v) is 9.42. The molecule has 0 radical (unpaired) electrons. The molecule has 0 N–H and O–H groups in total. The molecule has 1 aromatic heterocycles. The van der Waals surface area contributed by atoms with E-state index >= 15 is 0 Å². The van der Waals surface area contributed by atoms with Gasteiger partial charge in [0, 0.05) is 24.1 Å². The summed E-state index contributed by atoms with van der Waals surface area (Å²) in [6, 6.07) is 14.3. The van der Waals surface area contributed by atoms with E-state index < -0.39 is 0 Å². The highest BCUT2D eigenvalue weighted by Gasteiger charge is 2.33. The van der Waals surface area contributed by atoms with Crippen LogP contribution < -0.4 is 4.74 Å². The van der Waals surface area contributed by atoms with Gasteiger partial charge in [-0.2, -0.15) is 0 Å². The van der Waals surface area contributed by atoms with Crippen LogP contribution in [-0.4, -0.2) is 29.1 Å². The predicted octanol–water partition coefficient (Wildman–Crippen LogP) is 3.62. The van der Waals surface area contributed by atoms with Crippen molar-refractivity contribution in [2.75, 3.05) is 13.2 Å². The molecule has 1 amide bonds. The van der Waals surface area contributed by atoms with Gasteiger partial charge in [0.25, 0.3) is 0 Å². The van der Waals surface area contributed by atoms with Crippen LogP contribution in [0.25, 0.3) is 11.3 Å². The fourth-order valence-corrected chi connectivity index (χ4v) is 4.01. The first-order valence-electron chi connectivity index (χ1n) is 9.42. The van der Waals surface area contributed by atoms with Gasteiger partial charge in [-0.25, -0.2) is 4.39 Å². The van der Waals surface area contributed by atoms with Crippen molar-refractivity contribution in [3.8, 4) is 17.0 Å². The Bertz CT molecular complexity index is 1050. The molecule has 0 saturated heterocycles. The van der Waals surface area contributed by atoms with E-state index in [-0.39, 0.29) is 17.6 Å². The second-order valence-corrected chi connectivity index (χ2v) is 7.24. The quantitative estimate of drug-likeness (QED) is 0.684. The van der Waals surface area contributed by atoms with Gasteiger partial charge < -0.3 is 14.2 Å². The molecule has 142 valence electrons. The maximum atomic E-state index is 14.2. The maximum Gasteiger partial charge on any atom is 0.229 e. The van der Waals surface area contributed by atoms with E-state index in [1.807, 2.05) is 29.2 Å². The summed E-state index contributed by atoms with van der Waals surface area (Å²) >= 11 is 0. The van der Waals surface area contributed by atoms with Crippen molar-refractivity contribution in [2.24, 2.45) is 5.92 Å². The van der Waals surface area contributed by atoms with E-state index in [4.69, 9.17) is 9.26 Å². The number of hydrogen-bond donors (Lipinski definition) is 0. The molecule has 3 aromatic rings. The number of para-hydroxylation sites is 1. The molecule has 2 aliphatic heterocycles. The van der Waals surface area contributed by atoms with Gasteiger partial charge in [-0.3, -0.25) is 4.79 Å². The van der Waals surface area contributed by atoms with Gasteiger partial charge in [0.05, 0.1) is 12.5 Å². The Morgan fingerprint density at radius 3 is 2.86 bits per heavy atom. The summed E-state index contributed by atoms with van der Waals surface area (Å²) in [6.07, 6.45) is 1.24. The number of rotatable bonds is 2. The fourth-order valence-electron chi connectivity index (χ4n) is 4.01. The minimum Gasteiger partial charge on any atom is -0.492 e. The lowest BCUT2D eigenvalue weighted by atomic mass is 9.94. The number of halogens is 1. The summed E-state index contributed by atoms with van der Waals surface area (Å²) in [4.78, 5) is 14.9. The van der Waals surface area contributed by atoms with Gasteiger partial charge in [-0.1, -0.05) is 35.5 Å². The van der Waals surface area contributed by atoms with Crippen LogP contribution in [0.15, 0.2) is 53.1 Å². The minimum atomic E-state index is -0.348. The van der Waals surface area contributed by atoms with Crippen molar-refractivity contribution in [3.63, 3.8) is 0 Å². The van der Waals surface area contributed by atoms with Crippen LogP contribution in [0.5, 0.6) is 5.75 Å². The monoisotopic (exact) mass is 378 g/mol. The molecule has 3 heterocycles. The third kappa shape index (κ3) is 2.85. The van der Waals surface area contributed by atoms with E-state index in [1.165, 1.54) is 6.07 Å². The molecule has 5 rings (SSSR count). The summed E-state index contributed by atoms with van der Waals surface area (Å²) in [7, 11) is 0. The molecule has 0 fully saturated rings. The number of amides is 1. The van der Waals surface area contributed by atoms with E-state index in [0.29, 0.717) is 43.8 Å². The predicted molar refractivity (Wildman–Crippen MR) is 100 cm³/mol. The Balaban J connectivity index is 1.38. The average Bonchev–Trinajstić information content (AvgIpc) is 3.16. The average molecular weight is 378 g/mol. The molecule has 0 spiro atoms. The number of fused-ring (bicyclic) bond motifs is 2. The molecule has 5 nitrogen and oxygen atoms in total. The van der Waals surface area contributed by atoms with E-state index in [1.54, 1.807) is 18.2 Å². The Kier molecular flexibility index (Phi) is 4.11. The Morgan fingerprint density at radius 1 is 1.14 bits per heavy atom. The normalized spacial score (nSPS) is 18.2. The zero-order valence-corrected chi connectivity index (χ0v) is 15.2. The van der Waals surface area contributed by atoms with Gasteiger partial charge >= 0.3 is 0 Å². The smallest absolute Gasteiger partial charge is 0.229 e. The zero-order valence-electron chi connectivity index (χ0n) is 15.2. The van der Waals surface area contributed by atoms with Gasteiger partial charge in [0.2, 0.25) is 5.91 Å². The first-order chi connectivity index (χ1) is 13.7. The minimum absolute atomic E-state index is 0.0563. The number of hydrogen-bond acceptors (Lipinski definition) is 4. The molecular formula is C22H19FN2O3. The summed E-state index contributed by atoms with van der Waals surface area (Å²) in [6.45, 7) is 1.32. The number of carbonyl (C=O) groups is 1. The number of carbonyl (C=O) groups excluding carboxylic acids is 1. The van der Waals surface area contributed by atoms with Crippen LogP contribution in [0.1, 0.15) is 16.9 Å². The Labute approximate surface area is 161 Å². The number of nitrogens with zero attached hydrogens (tertiary/aromatic N) is 2. The highest BCUT2D eigenvalue weighted by molar-refractivity contribution is 5.80. The van der Waals surface area contributed by atoms with E-state index in [2.05, 4.69) is 5.16 Å². The summed E-state index contributed by atoms with van der Waals surface area (Å²) in [5.41, 5.74) is 2.73. The van der Waals surface area contributed by atoms with Crippen LogP contribution in [0.3, 0.4) is 0 Å². The topological polar surface area (TPSA) is 55.6 Å². The zero-order chi connectivity index (χ0) is 19.1. The lowest BCUT2D eigenvalue weighted by Crippen LogP contribution is -2.43. The molecule has 28 heavy (non-hydrogen) atoms. The third-order valence-corrected chi connectivity index (χ3v) is 5.50. The molecule has 2 aliphatic rings. The van der Waals surface area contributed by atoms with Crippen molar-refractivity contribution in [1.82, 2.24) is 10.1 Å². The van der Waals surface area contributed by atoms with Gasteiger partial charge in [-0.05, 0) is 30.2 Å². The molecule has 2 aromatic carbocycles. The standard InChI is InChI=1S/C22H19FN2O3/c23-18-7-3-2-6-16(18)21-17-12-25(10-9-20(17)28-24-21)22(26)15-11-14-5-1-4-8-19(14)27-13-15/h1-8,15H,9-13H2. The summed E-state index contributed by atoms with van der Waals surface area (Å²) in [5, 5.41) is 4.09. The second-order valence-electron chi connectivity index (χ2n) is 7.24.